The number of esters is 8. The van der Waals surface area contributed by atoms with Crippen molar-refractivity contribution in [3.8, 4) is 0 Å². The third-order valence-corrected chi connectivity index (χ3v) is 35.5. The number of hydrogen-bond acceptors (Lipinski definition) is 16. The van der Waals surface area contributed by atoms with E-state index in [9.17, 15) is 38.4 Å². The highest BCUT2D eigenvalue weighted by molar-refractivity contribution is 5.89. The monoisotopic (exact) mass is 1550 g/mol. The van der Waals surface area contributed by atoms with E-state index in [0.29, 0.717) is 116 Å². The molecule has 22 aliphatic carbocycles. The molecule has 22 fully saturated rings. The highest BCUT2D eigenvalue weighted by Crippen LogP contribution is 2.74. The molecule has 112 heavy (non-hydrogen) atoms. The van der Waals surface area contributed by atoms with Crippen LogP contribution in [0.5, 0.6) is 0 Å². The van der Waals surface area contributed by atoms with Crippen LogP contribution in [0.2, 0.25) is 0 Å². The zero-order valence-electron chi connectivity index (χ0n) is 70.2. The summed E-state index contributed by atoms with van der Waals surface area (Å²) in [5.41, 5.74) is 1.08. The molecular formula is C96H140O16. The van der Waals surface area contributed by atoms with E-state index in [0.717, 1.165) is 97.0 Å². The molecule has 16 nitrogen and oxygen atoms in total. The summed E-state index contributed by atoms with van der Waals surface area (Å²) in [5, 5.41) is 0. The topological polar surface area (TPSA) is 210 Å². The van der Waals surface area contributed by atoms with Crippen molar-refractivity contribution in [2.24, 2.45) is 164 Å². The SMILES string of the molecule is C=C(C)C(=O)OCC(=O)OC1(C2CC3CC2CC3C)C2CC3CC1CC(C)(C3)C2.C=C(C)C(=O)OCC(=O)OC1(C2CCC(C)CC2)C2CC3CC1CC(C)(C3)C2.C=CC(=O)OCC(=O)OC1(C2CC3CC2CC3C)C2CC3CC1CC(C)(C3)C2.C=CC(=O)OCC(=O)OC1(C2CCC(C)CC2)C2CC3CC1CC(C)(C3)C2. The van der Waals surface area contributed by atoms with Crippen molar-refractivity contribution < 1.29 is 76.3 Å². The molecule has 0 aromatic carbocycles. The number of hydrogen-bond donors (Lipinski definition) is 0. The van der Waals surface area contributed by atoms with Gasteiger partial charge < -0.3 is 37.9 Å². The molecule has 0 aromatic heterocycles. The maximum Gasteiger partial charge on any atom is 0.344 e. The van der Waals surface area contributed by atoms with Crippen LogP contribution in [0.15, 0.2) is 49.6 Å². The van der Waals surface area contributed by atoms with E-state index in [1.807, 2.05) is 0 Å². The second-order valence-electron chi connectivity index (χ2n) is 43.8. The Morgan fingerprint density at radius 2 is 0.562 bits per heavy atom. The highest BCUT2D eigenvalue weighted by atomic mass is 16.6. The zero-order valence-corrected chi connectivity index (χ0v) is 70.2. The van der Waals surface area contributed by atoms with Crippen molar-refractivity contribution in [1.29, 1.82) is 0 Å². The smallest absolute Gasteiger partial charge is 0.344 e. The summed E-state index contributed by atoms with van der Waals surface area (Å²) in [4.78, 5) is 97.6. The van der Waals surface area contributed by atoms with Crippen LogP contribution in [0.1, 0.15) is 288 Å². The second kappa shape index (κ2) is 31.2. The van der Waals surface area contributed by atoms with Crippen LogP contribution in [-0.4, -0.2) is 96.6 Å². The van der Waals surface area contributed by atoms with Gasteiger partial charge in [0.2, 0.25) is 0 Å². The zero-order chi connectivity index (χ0) is 79.6. The van der Waals surface area contributed by atoms with Gasteiger partial charge in [0.1, 0.15) is 22.4 Å². The van der Waals surface area contributed by atoms with Crippen molar-refractivity contribution in [2.45, 2.75) is 310 Å². The van der Waals surface area contributed by atoms with Gasteiger partial charge in [-0.1, -0.05) is 107 Å². The van der Waals surface area contributed by atoms with E-state index in [4.69, 9.17) is 37.9 Å². The van der Waals surface area contributed by atoms with E-state index in [1.165, 1.54) is 193 Å². The number of rotatable bonds is 20. The van der Waals surface area contributed by atoms with Crippen molar-refractivity contribution in [1.82, 2.24) is 0 Å². The van der Waals surface area contributed by atoms with E-state index in [1.54, 1.807) is 13.8 Å². The molecule has 16 unspecified atom stereocenters. The molecule has 22 rings (SSSR count). The number of fused-ring (bicyclic) bond motifs is 4. The number of ether oxygens (including phenoxy) is 8. The van der Waals surface area contributed by atoms with Crippen LogP contribution < -0.4 is 0 Å². The normalized spacial score (nSPS) is 47.4. The van der Waals surface area contributed by atoms with Gasteiger partial charge in [-0.25, -0.2) is 38.4 Å². The molecule has 16 atom stereocenters. The average Bonchev–Trinajstić information content (AvgIpc) is 1.22. The summed E-state index contributed by atoms with van der Waals surface area (Å²) in [6, 6.07) is 0. The highest BCUT2D eigenvalue weighted by Gasteiger charge is 2.72. The molecule has 16 heteroatoms. The molecule has 20 bridgehead atoms. The van der Waals surface area contributed by atoms with Crippen molar-refractivity contribution in [3.63, 3.8) is 0 Å². The molecule has 0 aromatic rings. The van der Waals surface area contributed by atoms with Gasteiger partial charge >= 0.3 is 47.8 Å². The van der Waals surface area contributed by atoms with Crippen LogP contribution in [0.25, 0.3) is 0 Å². The van der Waals surface area contributed by atoms with Crippen LogP contribution in [0.4, 0.5) is 0 Å². The maximum atomic E-state index is 12.9. The first-order valence-electron chi connectivity index (χ1n) is 45.2. The fourth-order valence-electron chi connectivity index (χ4n) is 32.5. The Morgan fingerprint density at radius 3 is 0.786 bits per heavy atom. The lowest BCUT2D eigenvalue weighted by Gasteiger charge is -2.66. The molecule has 0 aliphatic heterocycles. The Bertz CT molecular complexity index is 3570. The molecule has 0 radical (unpaired) electrons. The van der Waals surface area contributed by atoms with Crippen molar-refractivity contribution in [3.05, 3.63) is 49.6 Å². The molecule has 620 valence electrons. The molecule has 0 spiro atoms. The van der Waals surface area contributed by atoms with Crippen LogP contribution in [-0.2, 0) is 76.3 Å². The third kappa shape index (κ3) is 15.4. The van der Waals surface area contributed by atoms with Gasteiger partial charge in [0, 0.05) is 82.5 Å². The predicted molar refractivity (Wildman–Crippen MR) is 425 cm³/mol. The Kier molecular flexibility index (Phi) is 22.8. The van der Waals surface area contributed by atoms with Crippen LogP contribution >= 0.6 is 0 Å². The van der Waals surface area contributed by atoms with Gasteiger partial charge in [-0.3, -0.25) is 0 Å². The summed E-state index contributed by atoms with van der Waals surface area (Å²) in [6.07, 6.45) is 44.1. The second-order valence-corrected chi connectivity index (χ2v) is 43.8. The average molecular weight is 1550 g/mol. The Hall–Kier alpha value is -5.28. The fourth-order valence-corrected chi connectivity index (χ4v) is 32.5. The molecule has 22 aliphatic rings. The summed E-state index contributed by atoms with van der Waals surface area (Å²) in [6.45, 7) is 35.3. The van der Waals surface area contributed by atoms with Gasteiger partial charge in [0.05, 0.1) is 0 Å². The van der Waals surface area contributed by atoms with Gasteiger partial charge in [0.25, 0.3) is 0 Å². The number of carbonyl (C=O) groups is 8. The largest absolute Gasteiger partial charge is 0.456 e. The lowest BCUT2D eigenvalue weighted by atomic mass is 9.42. The van der Waals surface area contributed by atoms with Crippen molar-refractivity contribution in [2.75, 3.05) is 26.4 Å². The van der Waals surface area contributed by atoms with Gasteiger partial charge in [-0.2, -0.15) is 0 Å². The minimum Gasteiger partial charge on any atom is -0.456 e. The third-order valence-electron chi connectivity index (χ3n) is 35.5. The van der Waals surface area contributed by atoms with Crippen molar-refractivity contribution >= 4 is 47.8 Å². The summed E-state index contributed by atoms with van der Waals surface area (Å²) < 4.78 is 46.1. The Balaban J connectivity index is 0.000000118. The van der Waals surface area contributed by atoms with Crippen LogP contribution in [0.3, 0.4) is 0 Å². The van der Waals surface area contributed by atoms with Gasteiger partial charge in [-0.15, -0.1) is 0 Å². The minimum atomic E-state index is -0.565. The lowest BCUT2D eigenvalue weighted by molar-refractivity contribution is -0.250. The minimum absolute atomic E-state index is 0.287. The lowest BCUT2D eigenvalue weighted by Crippen LogP contribution is -2.66. The maximum absolute atomic E-state index is 12.9. The van der Waals surface area contributed by atoms with E-state index in [2.05, 4.69) is 81.7 Å². The molecule has 0 N–H and O–H groups in total. The quantitative estimate of drug-likeness (QED) is 0.0630. The Morgan fingerprint density at radius 1 is 0.312 bits per heavy atom. The first kappa shape index (κ1) is 81.8. The molecule has 0 saturated heterocycles. The standard InChI is InChI=1S/C25H36O4.C24H34O4.C24H36O4.C23H34O4/c1-14(2)23(27)28-13-22(26)29-25(21-9-17-8-18(21)5-15(17)3)19-6-16-7-20(25)12-24(4,10-16)11-19;1-4-21(25)27-13-22(26)28-24(20-9-16-8-17(20)5-14(16)2)18-6-15-7-19(24)12-23(3,10-15)11-18;1-15(2)22(26)27-14-21(25)28-24(18-7-5-16(3)6-8-18)19-9-17-10-20(24)13-23(4,11-17)12-19;1-4-20(24)26-14-21(25)27-23(17-7-5-15(2)6-8-17)18-9-16-10-19(23)13-22(3,11-16)12-18/h15-21H,1,5-13H2,2-4H3;4,14-20H,1,5-13H2,2-3H3;16-20H,1,5-14H2,2-4H3;4,15-19H,1,5-14H2,2-3H3. The first-order valence-corrected chi connectivity index (χ1v) is 45.2. The van der Waals surface area contributed by atoms with Gasteiger partial charge in [-0.05, 0) is 311 Å². The van der Waals surface area contributed by atoms with Crippen LogP contribution in [0, 0.1) is 164 Å². The fraction of sp³-hybridized carbons (Fsp3) is 0.833. The van der Waals surface area contributed by atoms with E-state index >= 15 is 0 Å². The van der Waals surface area contributed by atoms with Gasteiger partial charge in [0.15, 0.2) is 26.4 Å². The van der Waals surface area contributed by atoms with E-state index < -0.39 is 23.9 Å². The first-order chi connectivity index (χ1) is 53.1. The molecule has 0 heterocycles. The summed E-state index contributed by atoms with van der Waals surface area (Å²) in [5.74, 6) is 11.6. The van der Waals surface area contributed by atoms with E-state index in [-0.39, 0.29) is 72.7 Å². The molecule has 0 amide bonds. The molecular weight excluding hydrogens is 1410 g/mol. The Labute approximate surface area is 670 Å². The molecule has 22 saturated carbocycles. The summed E-state index contributed by atoms with van der Waals surface area (Å²) >= 11 is 0. The number of carbonyl (C=O) groups excluding carboxylic acids is 8. The summed E-state index contributed by atoms with van der Waals surface area (Å²) in [7, 11) is 0. The predicted octanol–water partition coefficient (Wildman–Crippen LogP) is 19.2.